The SMILES string of the molecule is COC(=O)[C@H](C)Oc1c(OC)cc(/C=C2/C(=O)NN(c3ccccc3)C2=O)cc1OC. The highest BCUT2D eigenvalue weighted by Crippen LogP contribution is 2.40. The number of nitrogens with one attached hydrogen (secondary N) is 1. The second kappa shape index (κ2) is 9.21. The Bertz CT molecular complexity index is 1010. The lowest BCUT2D eigenvalue weighted by atomic mass is 10.1. The molecule has 1 aliphatic heterocycles. The van der Waals surface area contributed by atoms with Gasteiger partial charge in [0.15, 0.2) is 17.6 Å². The molecule has 2 aromatic rings. The minimum Gasteiger partial charge on any atom is -0.493 e. The fourth-order valence-corrected chi connectivity index (χ4v) is 2.97. The molecule has 0 saturated carbocycles. The fraction of sp³-hybridized carbons (Fsp3) is 0.227. The molecule has 1 saturated heterocycles. The number of nitrogens with zero attached hydrogens (tertiary/aromatic N) is 1. The molecule has 2 amide bonds. The second-order valence-electron chi connectivity index (χ2n) is 6.51. The highest BCUT2D eigenvalue weighted by atomic mass is 16.6. The molecule has 1 fully saturated rings. The summed E-state index contributed by atoms with van der Waals surface area (Å²) in [7, 11) is 4.10. The molecule has 1 aliphatic rings. The van der Waals surface area contributed by atoms with E-state index in [9.17, 15) is 14.4 Å². The van der Waals surface area contributed by atoms with Crippen molar-refractivity contribution in [1.29, 1.82) is 0 Å². The average molecular weight is 426 g/mol. The van der Waals surface area contributed by atoms with Gasteiger partial charge in [-0.05, 0) is 42.8 Å². The zero-order valence-electron chi connectivity index (χ0n) is 17.5. The number of carbonyl (C=O) groups is 3. The molecule has 0 spiro atoms. The van der Waals surface area contributed by atoms with Crippen LogP contribution in [0.25, 0.3) is 6.08 Å². The first-order chi connectivity index (χ1) is 14.9. The van der Waals surface area contributed by atoms with Gasteiger partial charge in [0.2, 0.25) is 5.75 Å². The number of hydrogen-bond donors (Lipinski definition) is 1. The third kappa shape index (κ3) is 4.45. The molecular formula is C22H22N2O7. The highest BCUT2D eigenvalue weighted by molar-refractivity contribution is 6.31. The first-order valence-corrected chi connectivity index (χ1v) is 9.32. The number of ether oxygens (including phenoxy) is 4. The quantitative estimate of drug-likeness (QED) is 0.411. The van der Waals surface area contributed by atoms with Crippen LogP contribution in [-0.2, 0) is 19.1 Å². The Balaban J connectivity index is 1.96. The van der Waals surface area contributed by atoms with Crippen molar-refractivity contribution in [3.05, 3.63) is 53.6 Å². The maximum Gasteiger partial charge on any atom is 0.346 e. The minimum atomic E-state index is -0.904. The lowest BCUT2D eigenvalue weighted by molar-refractivity contribution is -0.148. The highest BCUT2D eigenvalue weighted by Gasteiger charge is 2.34. The third-order valence-electron chi connectivity index (χ3n) is 4.53. The summed E-state index contributed by atoms with van der Waals surface area (Å²) in [6.45, 7) is 1.53. The van der Waals surface area contributed by atoms with Crippen LogP contribution in [0.2, 0.25) is 0 Å². The lowest BCUT2D eigenvalue weighted by Crippen LogP contribution is -2.35. The van der Waals surface area contributed by atoms with E-state index in [0.29, 0.717) is 11.3 Å². The summed E-state index contributed by atoms with van der Waals surface area (Å²) in [4.78, 5) is 36.9. The molecule has 2 aromatic carbocycles. The van der Waals surface area contributed by atoms with E-state index >= 15 is 0 Å². The Hall–Kier alpha value is -4.01. The summed E-state index contributed by atoms with van der Waals surface area (Å²) < 4.78 is 21.1. The molecule has 3 rings (SSSR count). The Kier molecular flexibility index (Phi) is 6.44. The van der Waals surface area contributed by atoms with Gasteiger partial charge in [-0.3, -0.25) is 15.0 Å². The number of anilines is 1. The Morgan fingerprint density at radius 3 is 2.19 bits per heavy atom. The van der Waals surface area contributed by atoms with E-state index in [-0.39, 0.29) is 22.8 Å². The van der Waals surface area contributed by atoms with Gasteiger partial charge in [0.05, 0.1) is 27.0 Å². The van der Waals surface area contributed by atoms with Crippen LogP contribution >= 0.6 is 0 Å². The van der Waals surface area contributed by atoms with Crippen LogP contribution in [0.5, 0.6) is 17.2 Å². The Labute approximate surface area is 179 Å². The van der Waals surface area contributed by atoms with Gasteiger partial charge >= 0.3 is 5.97 Å². The summed E-state index contributed by atoms with van der Waals surface area (Å²) in [6.07, 6.45) is 0.526. The van der Waals surface area contributed by atoms with Crippen LogP contribution in [0.1, 0.15) is 12.5 Å². The number of amides is 2. The lowest BCUT2D eigenvalue weighted by Gasteiger charge is -2.18. The molecule has 31 heavy (non-hydrogen) atoms. The summed E-state index contributed by atoms with van der Waals surface area (Å²) in [5.74, 6) is -0.886. The van der Waals surface area contributed by atoms with Gasteiger partial charge < -0.3 is 18.9 Å². The number of hydrogen-bond acceptors (Lipinski definition) is 7. The summed E-state index contributed by atoms with van der Waals surface area (Å²) in [5, 5.41) is 1.18. The largest absolute Gasteiger partial charge is 0.493 e. The number of esters is 1. The van der Waals surface area contributed by atoms with Gasteiger partial charge in [-0.15, -0.1) is 0 Å². The van der Waals surface area contributed by atoms with Crippen molar-refractivity contribution < 1.29 is 33.3 Å². The van der Waals surface area contributed by atoms with Gasteiger partial charge in [0, 0.05) is 0 Å². The van der Waals surface area contributed by atoms with Crippen molar-refractivity contribution in [2.45, 2.75) is 13.0 Å². The number of rotatable bonds is 7. The van der Waals surface area contributed by atoms with E-state index in [2.05, 4.69) is 10.2 Å². The molecular weight excluding hydrogens is 404 g/mol. The molecule has 1 atom stereocenters. The third-order valence-corrected chi connectivity index (χ3v) is 4.53. The smallest absolute Gasteiger partial charge is 0.346 e. The number of carbonyl (C=O) groups excluding carboxylic acids is 3. The van der Waals surface area contributed by atoms with Crippen molar-refractivity contribution >= 4 is 29.5 Å². The second-order valence-corrected chi connectivity index (χ2v) is 6.51. The summed E-state index contributed by atoms with van der Waals surface area (Å²) in [6, 6.07) is 11.9. The summed E-state index contributed by atoms with van der Waals surface area (Å²) in [5.41, 5.74) is 3.50. The van der Waals surface area contributed by atoms with Crippen LogP contribution in [0.15, 0.2) is 48.0 Å². The van der Waals surface area contributed by atoms with E-state index in [1.807, 2.05) is 6.07 Å². The predicted octanol–water partition coefficient (Wildman–Crippen LogP) is 2.11. The molecule has 162 valence electrons. The van der Waals surface area contributed by atoms with Gasteiger partial charge in [-0.25, -0.2) is 9.80 Å². The van der Waals surface area contributed by atoms with Gasteiger partial charge in [-0.2, -0.15) is 0 Å². The topological polar surface area (TPSA) is 103 Å². The van der Waals surface area contributed by atoms with Crippen LogP contribution in [0.4, 0.5) is 5.69 Å². The van der Waals surface area contributed by atoms with Crippen molar-refractivity contribution in [1.82, 2.24) is 5.43 Å². The van der Waals surface area contributed by atoms with E-state index in [1.165, 1.54) is 39.3 Å². The fourth-order valence-electron chi connectivity index (χ4n) is 2.97. The van der Waals surface area contributed by atoms with Crippen molar-refractivity contribution in [3.8, 4) is 17.2 Å². The van der Waals surface area contributed by atoms with Crippen molar-refractivity contribution in [2.75, 3.05) is 26.3 Å². The number of methoxy groups -OCH3 is 3. The van der Waals surface area contributed by atoms with Gasteiger partial charge in [0.25, 0.3) is 11.8 Å². The molecule has 0 unspecified atom stereocenters. The van der Waals surface area contributed by atoms with E-state index in [1.54, 1.807) is 36.4 Å². The normalized spacial score (nSPS) is 15.5. The molecule has 1 N–H and O–H groups in total. The van der Waals surface area contributed by atoms with E-state index in [4.69, 9.17) is 14.2 Å². The Morgan fingerprint density at radius 2 is 1.65 bits per heavy atom. The molecule has 0 bridgehead atoms. The molecule has 9 heteroatoms. The van der Waals surface area contributed by atoms with Crippen LogP contribution in [0.3, 0.4) is 0 Å². The number of benzene rings is 2. The molecule has 0 aromatic heterocycles. The molecule has 1 heterocycles. The maximum atomic E-state index is 12.8. The zero-order valence-corrected chi connectivity index (χ0v) is 17.5. The first-order valence-electron chi connectivity index (χ1n) is 9.32. The van der Waals surface area contributed by atoms with Crippen molar-refractivity contribution in [3.63, 3.8) is 0 Å². The molecule has 9 nitrogen and oxygen atoms in total. The predicted molar refractivity (Wildman–Crippen MR) is 112 cm³/mol. The van der Waals surface area contributed by atoms with Gasteiger partial charge in [-0.1, -0.05) is 18.2 Å². The van der Waals surface area contributed by atoms with Crippen LogP contribution in [0, 0.1) is 0 Å². The Morgan fingerprint density at radius 1 is 1.03 bits per heavy atom. The number of para-hydroxylation sites is 1. The molecule has 0 aliphatic carbocycles. The molecule has 0 radical (unpaired) electrons. The maximum absolute atomic E-state index is 12.8. The van der Waals surface area contributed by atoms with Crippen LogP contribution in [-0.4, -0.2) is 45.2 Å². The van der Waals surface area contributed by atoms with E-state index in [0.717, 1.165) is 0 Å². The first kappa shape index (κ1) is 21.7. The minimum absolute atomic E-state index is 0.0513. The average Bonchev–Trinajstić information content (AvgIpc) is 3.07. The van der Waals surface area contributed by atoms with Crippen molar-refractivity contribution in [2.24, 2.45) is 0 Å². The number of hydrazine groups is 1. The monoisotopic (exact) mass is 426 g/mol. The van der Waals surface area contributed by atoms with Gasteiger partial charge in [0.1, 0.15) is 5.57 Å². The summed E-state index contributed by atoms with van der Waals surface area (Å²) >= 11 is 0. The zero-order chi connectivity index (χ0) is 22.5. The van der Waals surface area contributed by atoms with Crippen LogP contribution < -0.4 is 24.6 Å². The van der Waals surface area contributed by atoms with E-state index < -0.39 is 23.9 Å². The standard InChI is InChI=1S/C22H22N2O7/c1-13(22(27)30-4)31-19-17(28-2)11-14(12-18(19)29-3)10-16-20(25)23-24(21(16)26)15-8-6-5-7-9-15/h5-13H,1-4H3,(H,23,25)/b16-10-/t13-/m0/s1.